The maximum Gasteiger partial charge on any atom is 6.00 e. The summed E-state index contributed by atoms with van der Waals surface area (Å²) in [6.45, 7) is 7.77. The number of rotatable bonds is 5. The fraction of sp³-hybridized carbons (Fsp3) is 0.846. The number of aliphatic carboxylic acids is 2. The minimum Gasteiger partial charge on any atom is -0.549 e. The second-order valence-electron chi connectivity index (χ2n) is 5.52. The Balaban J connectivity index is 0. The molecule has 0 radical (unpaired) electrons. The minimum absolute atomic E-state index is 0. The molecule has 0 saturated carbocycles. The molecule has 0 amide bonds. The second kappa shape index (κ2) is 14.0. The van der Waals surface area contributed by atoms with Crippen LogP contribution in [-0.2, 0) is 26.7 Å². The van der Waals surface area contributed by atoms with Gasteiger partial charge >= 0.3 is 17.1 Å². The zero-order valence-corrected chi connectivity index (χ0v) is 15.0. The van der Waals surface area contributed by atoms with Crippen molar-refractivity contribution in [2.45, 2.75) is 19.9 Å². The van der Waals surface area contributed by atoms with Gasteiger partial charge in [0.25, 0.3) is 0 Å². The molecule has 0 aromatic heterocycles. The van der Waals surface area contributed by atoms with Gasteiger partial charge in [0.05, 0.1) is 11.9 Å². The van der Waals surface area contributed by atoms with Gasteiger partial charge in [-0.15, -0.1) is 0 Å². The first kappa shape index (κ1) is 24.9. The maximum absolute atomic E-state index is 10.7. The number of hydrogen-bond acceptors (Lipinski definition) is 7. The van der Waals surface area contributed by atoms with Crippen LogP contribution in [0.3, 0.4) is 0 Å². The third kappa shape index (κ3) is 12.1. The van der Waals surface area contributed by atoms with Crippen LogP contribution in [0.2, 0.25) is 0 Å². The molecule has 1 aliphatic heterocycles. The molecule has 0 aliphatic carbocycles. The molecule has 24 heavy (non-hydrogen) atoms. The van der Waals surface area contributed by atoms with Crippen LogP contribution in [-0.4, -0.2) is 85.0 Å². The first-order chi connectivity index (χ1) is 10.8. The molecular weight excluding hydrogens is 360 g/mol. The molecule has 1 fully saturated rings. The van der Waals surface area contributed by atoms with Crippen LogP contribution in [0, 0.1) is 0 Å². The number of carbonyl (C=O) groups excluding carboxylic acids is 2. The predicted molar refractivity (Wildman–Crippen MR) is 79.7 cm³/mol. The number of carbonyl (C=O) groups is 2. The summed E-state index contributed by atoms with van der Waals surface area (Å²) in [5.74, 6) is -2.21. The first-order valence-electron chi connectivity index (χ1n) is 7.37. The van der Waals surface area contributed by atoms with E-state index in [1.165, 1.54) is 4.91 Å². The quantitative estimate of drug-likeness (QED) is 0.224. The molecule has 0 unspecified atom stereocenters. The van der Waals surface area contributed by atoms with Gasteiger partial charge in [0, 0.05) is 58.4 Å². The number of carboxylic acids is 2. The summed E-state index contributed by atoms with van der Waals surface area (Å²) in [6, 6.07) is 0.336. The molecule has 0 bridgehead atoms. The number of carboxylic acid groups (broad SMARTS) is 2. The van der Waals surface area contributed by atoms with Gasteiger partial charge in [0.2, 0.25) is 0 Å². The Labute approximate surface area is 152 Å². The third-order valence-electron chi connectivity index (χ3n) is 3.58. The Kier molecular flexibility index (Phi) is 14.6. The Bertz CT molecular complexity index is 389. The van der Waals surface area contributed by atoms with E-state index in [9.17, 15) is 19.8 Å². The zero-order valence-electron chi connectivity index (χ0n) is 13.9. The smallest absolute Gasteiger partial charge is 0.549 e. The summed E-state index contributed by atoms with van der Waals surface area (Å²) in [7, 11) is 0. The Morgan fingerprint density at radius 2 is 1.21 bits per heavy atom. The van der Waals surface area contributed by atoms with E-state index in [-0.39, 0.29) is 30.2 Å². The van der Waals surface area contributed by atoms with Crippen LogP contribution in [0.1, 0.15) is 13.8 Å². The Morgan fingerprint density at radius 1 is 0.917 bits per heavy atom. The second-order valence-corrected chi connectivity index (χ2v) is 5.52. The molecular formula is C13H23FeN6O4+3. The summed E-state index contributed by atoms with van der Waals surface area (Å²) in [6.07, 6.45) is 0. The monoisotopic (exact) mass is 383 g/mol. The van der Waals surface area contributed by atoms with E-state index in [4.69, 9.17) is 11.1 Å². The topological polar surface area (TPSA) is 149 Å². The summed E-state index contributed by atoms with van der Waals surface area (Å²) < 4.78 is 0. The van der Waals surface area contributed by atoms with Crippen molar-refractivity contribution in [3.8, 4) is 0 Å². The van der Waals surface area contributed by atoms with Crippen molar-refractivity contribution in [1.29, 1.82) is 0 Å². The Hall–Kier alpha value is -1.35. The Morgan fingerprint density at radius 3 is 1.46 bits per heavy atom. The minimum atomic E-state index is -1.10. The van der Waals surface area contributed by atoms with Crippen LogP contribution in [0.25, 0.3) is 16.0 Å². The van der Waals surface area contributed by atoms with Gasteiger partial charge in [0.1, 0.15) is 0 Å². The van der Waals surface area contributed by atoms with E-state index in [0.29, 0.717) is 32.2 Å². The van der Waals surface area contributed by atoms with Crippen LogP contribution in [0.15, 0.2) is 0 Å². The molecule has 10 nitrogen and oxygen atoms in total. The maximum atomic E-state index is 10.7. The van der Waals surface area contributed by atoms with Gasteiger partial charge in [-0.3, -0.25) is 19.6 Å². The molecule has 0 aromatic carbocycles. The predicted octanol–water partition coefficient (Wildman–Crippen LogP) is -2.32. The van der Waals surface area contributed by atoms with Crippen molar-refractivity contribution in [3.63, 3.8) is 0 Å². The fourth-order valence-corrected chi connectivity index (χ4v) is 2.36. The van der Waals surface area contributed by atoms with Crippen LogP contribution < -0.4 is 10.2 Å². The summed E-state index contributed by atoms with van der Waals surface area (Å²) in [5, 5.41) is 21.5. The van der Waals surface area contributed by atoms with E-state index >= 15 is 0 Å². The molecule has 1 saturated heterocycles. The molecule has 1 heterocycles. The third-order valence-corrected chi connectivity index (χ3v) is 3.58. The largest absolute Gasteiger partial charge is 6.00 e. The SMILES string of the molecule is CC(C)N1CCN(CC(=O)[O-])CCN(CC(=O)[O-])CC1.[Fe+6].[N-]=[N+]=[N-]. The van der Waals surface area contributed by atoms with Crippen molar-refractivity contribution in [2.75, 3.05) is 52.4 Å². The molecule has 0 atom stereocenters. The summed E-state index contributed by atoms with van der Waals surface area (Å²) >= 11 is 0. The van der Waals surface area contributed by atoms with Gasteiger partial charge in [-0.25, -0.2) is 0 Å². The fourth-order valence-electron chi connectivity index (χ4n) is 2.36. The van der Waals surface area contributed by atoms with Crippen molar-refractivity contribution in [2.24, 2.45) is 0 Å². The zero-order chi connectivity index (χ0) is 17.8. The van der Waals surface area contributed by atoms with Gasteiger partial charge in [0.15, 0.2) is 0 Å². The van der Waals surface area contributed by atoms with Crippen molar-refractivity contribution >= 4 is 11.9 Å². The van der Waals surface area contributed by atoms with E-state index in [1.807, 2.05) is 0 Å². The molecule has 11 heteroatoms. The normalized spacial score (nSPS) is 17.3. The molecule has 1 rings (SSSR count). The average molecular weight is 383 g/mol. The average Bonchev–Trinajstić information content (AvgIpc) is 2.51. The number of nitrogens with zero attached hydrogens (tertiary/aromatic N) is 6. The van der Waals surface area contributed by atoms with Gasteiger partial charge < -0.3 is 30.9 Å². The summed E-state index contributed by atoms with van der Waals surface area (Å²) in [5.41, 5.74) is 13.5. The van der Waals surface area contributed by atoms with E-state index in [1.54, 1.807) is 9.80 Å². The molecule has 0 spiro atoms. The van der Waals surface area contributed by atoms with Gasteiger partial charge in [-0.05, 0) is 13.8 Å². The van der Waals surface area contributed by atoms with Crippen molar-refractivity contribution in [1.82, 2.24) is 14.7 Å². The molecule has 134 valence electrons. The van der Waals surface area contributed by atoms with E-state index in [0.717, 1.165) is 13.1 Å². The van der Waals surface area contributed by atoms with Gasteiger partial charge in [-0.1, -0.05) is 0 Å². The molecule has 0 N–H and O–H groups in total. The molecule has 1 aliphatic rings. The van der Waals surface area contributed by atoms with Gasteiger partial charge in [-0.2, -0.15) is 0 Å². The van der Waals surface area contributed by atoms with Crippen LogP contribution in [0.4, 0.5) is 0 Å². The number of hydrogen-bond donors (Lipinski definition) is 0. The van der Waals surface area contributed by atoms with Crippen molar-refractivity contribution < 1.29 is 36.9 Å². The van der Waals surface area contributed by atoms with Crippen LogP contribution >= 0.6 is 0 Å². The standard InChI is InChI=1S/C13H25N3O4.Fe.N3/c1-11(2)16-7-5-14(9-12(17)18)3-4-15(6-8-16)10-13(19)20;;1-3-2/h11H,3-10H2,1-2H3,(H,17,18)(H,19,20);;/q;+6;-1/p-2. The van der Waals surface area contributed by atoms with E-state index in [2.05, 4.69) is 18.7 Å². The van der Waals surface area contributed by atoms with E-state index < -0.39 is 11.9 Å². The first-order valence-corrected chi connectivity index (χ1v) is 7.37. The molecule has 0 aromatic rings. The van der Waals surface area contributed by atoms with Crippen LogP contribution in [0.5, 0.6) is 0 Å². The summed E-state index contributed by atoms with van der Waals surface area (Å²) in [4.78, 5) is 28.8. The van der Waals surface area contributed by atoms with Crippen molar-refractivity contribution in [3.05, 3.63) is 16.0 Å².